The zero-order chi connectivity index (χ0) is 21.8. The van der Waals surface area contributed by atoms with Crippen LogP contribution in [0, 0.1) is 12.8 Å². The van der Waals surface area contributed by atoms with Crippen LogP contribution < -0.4 is 10.1 Å². The summed E-state index contributed by atoms with van der Waals surface area (Å²) in [6, 6.07) is 2.47. The molecule has 31 heavy (non-hydrogen) atoms. The number of ether oxygens (including phenoxy) is 1. The number of halogens is 1. The molecule has 5 rings (SSSR count). The lowest BCUT2D eigenvalue weighted by atomic mass is 9.79. The fraction of sp³-hybridized carbons (Fsp3) is 0.565. The number of likely N-dealkylation sites (tertiary alicyclic amines) is 1. The topological polar surface area (TPSA) is 59.6 Å². The van der Waals surface area contributed by atoms with E-state index in [9.17, 15) is 0 Å². The van der Waals surface area contributed by atoms with Crippen molar-refractivity contribution in [1.82, 2.24) is 29.6 Å². The minimum absolute atomic E-state index is 0.283. The number of rotatable bonds is 5. The van der Waals surface area contributed by atoms with Gasteiger partial charge in [-0.1, -0.05) is 11.6 Å². The van der Waals surface area contributed by atoms with Crippen LogP contribution in [0.5, 0.6) is 5.75 Å². The Morgan fingerprint density at radius 2 is 2.00 bits per heavy atom. The normalized spacial score (nSPS) is 22.0. The molecule has 2 aliphatic heterocycles. The van der Waals surface area contributed by atoms with E-state index in [2.05, 4.69) is 40.8 Å². The Kier molecular flexibility index (Phi) is 5.23. The van der Waals surface area contributed by atoms with Gasteiger partial charge in [0.25, 0.3) is 0 Å². The summed E-state index contributed by atoms with van der Waals surface area (Å²) >= 11 is 6.28. The second-order valence-electron chi connectivity index (χ2n) is 9.50. The van der Waals surface area contributed by atoms with Gasteiger partial charge in [-0.2, -0.15) is 10.2 Å². The van der Waals surface area contributed by atoms with Crippen LogP contribution in [0.15, 0.2) is 24.7 Å². The lowest BCUT2D eigenvalue weighted by Crippen LogP contribution is -2.64. The highest BCUT2D eigenvalue weighted by Gasteiger charge is 2.39. The lowest BCUT2D eigenvalue weighted by Gasteiger charge is -2.48. The molecular formula is C23H31ClN6O. The monoisotopic (exact) mass is 442 g/mol. The third kappa shape index (κ3) is 3.62. The van der Waals surface area contributed by atoms with E-state index in [1.54, 1.807) is 17.8 Å². The van der Waals surface area contributed by atoms with Crippen LogP contribution in [0.3, 0.4) is 0 Å². The van der Waals surface area contributed by atoms with Gasteiger partial charge >= 0.3 is 0 Å². The third-order valence-electron chi connectivity index (χ3n) is 7.31. The van der Waals surface area contributed by atoms with E-state index in [1.807, 2.05) is 18.5 Å². The molecule has 1 N–H and O–H groups in total. The standard InChI is InChI=1S/C23H31ClN6O/c1-15-19(16-9-21(31-4)22-20(24)12-26-29(22)13-16)11-27-30(15)18-5-7-28(8-6-18)14-17-10-25-23(17,2)3/h9,11-13,17-18,25H,5-8,10,14H2,1-4H3. The number of pyridine rings is 1. The molecule has 0 aliphatic carbocycles. The highest BCUT2D eigenvalue weighted by atomic mass is 35.5. The molecule has 1 atom stereocenters. The summed E-state index contributed by atoms with van der Waals surface area (Å²) in [5, 5.41) is 13.3. The summed E-state index contributed by atoms with van der Waals surface area (Å²) in [4.78, 5) is 2.63. The summed E-state index contributed by atoms with van der Waals surface area (Å²) in [6.07, 6.45) is 7.89. The average molecular weight is 443 g/mol. The molecule has 5 heterocycles. The molecule has 3 aromatic rings. The zero-order valence-electron chi connectivity index (χ0n) is 18.7. The molecule has 7 nitrogen and oxygen atoms in total. The fourth-order valence-corrected chi connectivity index (χ4v) is 5.26. The fourth-order valence-electron chi connectivity index (χ4n) is 5.03. The lowest BCUT2D eigenvalue weighted by molar-refractivity contribution is 0.0699. The van der Waals surface area contributed by atoms with Crippen LogP contribution in [0.2, 0.25) is 5.02 Å². The number of nitrogens with zero attached hydrogens (tertiary/aromatic N) is 5. The largest absolute Gasteiger partial charge is 0.494 e. The van der Waals surface area contributed by atoms with E-state index in [-0.39, 0.29) is 5.54 Å². The molecule has 3 aromatic heterocycles. The number of hydrogen-bond acceptors (Lipinski definition) is 5. The highest BCUT2D eigenvalue weighted by Crippen LogP contribution is 2.35. The van der Waals surface area contributed by atoms with Crippen molar-refractivity contribution in [3.8, 4) is 16.9 Å². The molecule has 0 saturated carbocycles. The Morgan fingerprint density at radius 1 is 1.23 bits per heavy atom. The first kappa shape index (κ1) is 20.8. The summed E-state index contributed by atoms with van der Waals surface area (Å²) < 4.78 is 9.58. The van der Waals surface area contributed by atoms with Crippen molar-refractivity contribution >= 4 is 17.1 Å². The van der Waals surface area contributed by atoms with Gasteiger partial charge in [0.2, 0.25) is 0 Å². The van der Waals surface area contributed by atoms with Crippen molar-refractivity contribution in [2.75, 3.05) is 33.3 Å². The second-order valence-corrected chi connectivity index (χ2v) is 9.91. The molecule has 166 valence electrons. The Morgan fingerprint density at radius 3 is 2.65 bits per heavy atom. The molecule has 0 amide bonds. The first-order valence-electron chi connectivity index (χ1n) is 11.1. The molecule has 1 unspecified atom stereocenters. The van der Waals surface area contributed by atoms with E-state index in [1.165, 1.54) is 12.2 Å². The van der Waals surface area contributed by atoms with Crippen LogP contribution >= 0.6 is 11.6 Å². The molecular weight excluding hydrogens is 412 g/mol. The quantitative estimate of drug-likeness (QED) is 0.651. The van der Waals surface area contributed by atoms with Gasteiger partial charge < -0.3 is 15.0 Å². The minimum Gasteiger partial charge on any atom is -0.494 e. The van der Waals surface area contributed by atoms with Gasteiger partial charge in [-0.25, -0.2) is 4.52 Å². The number of aromatic nitrogens is 4. The average Bonchev–Trinajstić information content (AvgIpc) is 3.34. The molecule has 0 bridgehead atoms. The molecule has 0 aromatic carbocycles. The number of nitrogens with one attached hydrogen (secondary N) is 1. The molecule has 8 heteroatoms. The maximum Gasteiger partial charge on any atom is 0.146 e. The van der Waals surface area contributed by atoms with Crippen LogP contribution in [0.25, 0.3) is 16.6 Å². The zero-order valence-corrected chi connectivity index (χ0v) is 19.5. The van der Waals surface area contributed by atoms with Gasteiger partial charge in [0.15, 0.2) is 0 Å². The molecule has 0 spiro atoms. The predicted molar refractivity (Wildman–Crippen MR) is 123 cm³/mol. The van der Waals surface area contributed by atoms with E-state index in [0.29, 0.717) is 16.8 Å². The van der Waals surface area contributed by atoms with Gasteiger partial charge in [-0.3, -0.25) is 4.68 Å². The Labute approximate surface area is 188 Å². The predicted octanol–water partition coefficient (Wildman–Crippen LogP) is 3.80. The van der Waals surface area contributed by atoms with E-state index in [4.69, 9.17) is 21.4 Å². The Bertz CT molecular complexity index is 1100. The SMILES string of the molecule is COc1cc(-c2cnn(C3CCN(CC4CNC4(C)C)CC3)c2C)cn2ncc(Cl)c12. The van der Waals surface area contributed by atoms with Crippen molar-refractivity contribution in [3.05, 3.63) is 35.4 Å². The highest BCUT2D eigenvalue weighted by molar-refractivity contribution is 6.34. The van der Waals surface area contributed by atoms with Crippen LogP contribution in [0.1, 0.15) is 38.4 Å². The minimum atomic E-state index is 0.283. The van der Waals surface area contributed by atoms with Gasteiger partial charge in [-0.15, -0.1) is 0 Å². The van der Waals surface area contributed by atoms with Crippen molar-refractivity contribution in [2.45, 2.75) is 45.2 Å². The Balaban J connectivity index is 1.33. The number of hydrogen-bond donors (Lipinski definition) is 1. The van der Waals surface area contributed by atoms with Gasteiger partial charge in [0, 0.05) is 60.7 Å². The Hall–Kier alpha value is -2.09. The summed E-state index contributed by atoms with van der Waals surface area (Å²) in [6.45, 7) is 11.4. The number of piperidine rings is 1. The number of fused-ring (bicyclic) bond motifs is 1. The smallest absolute Gasteiger partial charge is 0.146 e. The molecule has 2 aliphatic rings. The van der Waals surface area contributed by atoms with Crippen molar-refractivity contribution in [3.63, 3.8) is 0 Å². The maximum absolute atomic E-state index is 6.28. The molecule has 2 saturated heterocycles. The van der Waals surface area contributed by atoms with Crippen LogP contribution in [0.4, 0.5) is 0 Å². The van der Waals surface area contributed by atoms with Gasteiger partial charge in [-0.05, 0) is 39.7 Å². The van der Waals surface area contributed by atoms with E-state index < -0.39 is 0 Å². The summed E-state index contributed by atoms with van der Waals surface area (Å²) in [5.41, 5.74) is 4.39. The van der Waals surface area contributed by atoms with E-state index in [0.717, 1.165) is 55.0 Å². The van der Waals surface area contributed by atoms with Gasteiger partial charge in [0.05, 0.1) is 30.6 Å². The summed E-state index contributed by atoms with van der Waals surface area (Å²) in [7, 11) is 1.66. The summed E-state index contributed by atoms with van der Waals surface area (Å²) in [5.74, 6) is 1.47. The van der Waals surface area contributed by atoms with E-state index >= 15 is 0 Å². The molecule has 0 radical (unpaired) electrons. The molecule has 2 fully saturated rings. The van der Waals surface area contributed by atoms with Crippen molar-refractivity contribution < 1.29 is 4.74 Å². The maximum atomic E-state index is 6.28. The number of methoxy groups -OCH3 is 1. The second kappa shape index (κ2) is 7.80. The van der Waals surface area contributed by atoms with Crippen LogP contribution in [-0.4, -0.2) is 63.1 Å². The van der Waals surface area contributed by atoms with Crippen LogP contribution in [-0.2, 0) is 0 Å². The third-order valence-corrected chi connectivity index (χ3v) is 7.59. The van der Waals surface area contributed by atoms with Gasteiger partial charge in [0.1, 0.15) is 11.3 Å². The first-order valence-corrected chi connectivity index (χ1v) is 11.5. The first-order chi connectivity index (χ1) is 14.9. The van der Waals surface area contributed by atoms with Crippen molar-refractivity contribution in [2.24, 2.45) is 5.92 Å². The van der Waals surface area contributed by atoms with Crippen molar-refractivity contribution in [1.29, 1.82) is 0 Å².